The number of carboxylic acid groups (broad SMARTS) is 1. The van der Waals surface area contributed by atoms with Crippen molar-refractivity contribution in [2.75, 3.05) is 6.54 Å². The molecule has 2 amide bonds. The van der Waals surface area contributed by atoms with Gasteiger partial charge in [0.1, 0.15) is 0 Å². The summed E-state index contributed by atoms with van der Waals surface area (Å²) in [5.74, 6) is -0.985. The van der Waals surface area contributed by atoms with Crippen molar-refractivity contribution in [1.82, 2.24) is 10.6 Å². The summed E-state index contributed by atoms with van der Waals surface area (Å²) in [6, 6.07) is -1.68. The molecular weight excluding hydrogens is 253 g/mol. The number of carbonyl (C=O) groups is 2. The second-order valence-electron chi connectivity index (χ2n) is 3.82. The van der Waals surface area contributed by atoms with E-state index in [2.05, 4.69) is 10.6 Å². The molecule has 0 spiro atoms. The number of nitrogens with one attached hydrogen (secondary N) is 2. The number of halogens is 3. The number of hydrogen-bond acceptors (Lipinski definition) is 2. The van der Waals surface area contributed by atoms with E-state index in [0.29, 0.717) is 0 Å². The highest BCUT2D eigenvalue weighted by atomic mass is 19.4. The van der Waals surface area contributed by atoms with Crippen LogP contribution in [0.25, 0.3) is 0 Å². The number of amides is 2. The molecule has 1 atom stereocenters. The van der Waals surface area contributed by atoms with Gasteiger partial charge in [0.25, 0.3) is 0 Å². The minimum absolute atomic E-state index is 0.0972. The van der Waals surface area contributed by atoms with E-state index >= 15 is 0 Å². The topological polar surface area (TPSA) is 78.4 Å². The summed E-state index contributed by atoms with van der Waals surface area (Å²) in [5, 5.41) is 12.8. The molecule has 0 aromatic carbocycles. The van der Waals surface area contributed by atoms with E-state index in [1.54, 1.807) is 6.92 Å². The SMILES string of the molecule is CCC(CC(F)(F)F)NC(=O)NCCCC(=O)O. The van der Waals surface area contributed by atoms with E-state index in [0.717, 1.165) is 0 Å². The van der Waals surface area contributed by atoms with Crippen LogP contribution in [0.3, 0.4) is 0 Å². The van der Waals surface area contributed by atoms with Gasteiger partial charge in [0, 0.05) is 19.0 Å². The fourth-order valence-corrected chi connectivity index (χ4v) is 1.25. The average Bonchev–Trinajstić information content (AvgIpc) is 2.21. The summed E-state index contributed by atoms with van der Waals surface area (Å²) in [6.45, 7) is 1.65. The fourth-order valence-electron chi connectivity index (χ4n) is 1.25. The lowest BCUT2D eigenvalue weighted by Crippen LogP contribution is -2.44. The first-order valence-electron chi connectivity index (χ1n) is 5.57. The molecule has 106 valence electrons. The van der Waals surface area contributed by atoms with Crippen molar-refractivity contribution >= 4 is 12.0 Å². The molecule has 0 aromatic rings. The van der Waals surface area contributed by atoms with Gasteiger partial charge < -0.3 is 15.7 Å². The lowest BCUT2D eigenvalue weighted by molar-refractivity contribution is -0.139. The van der Waals surface area contributed by atoms with Gasteiger partial charge in [0.15, 0.2) is 0 Å². The maximum atomic E-state index is 12.1. The molecule has 0 rings (SSSR count). The second kappa shape index (κ2) is 7.78. The Balaban J connectivity index is 3.87. The minimum Gasteiger partial charge on any atom is -0.481 e. The van der Waals surface area contributed by atoms with E-state index in [9.17, 15) is 22.8 Å². The zero-order valence-electron chi connectivity index (χ0n) is 10.0. The molecule has 0 aromatic heterocycles. The quantitative estimate of drug-likeness (QED) is 0.618. The molecule has 0 heterocycles. The third-order valence-corrected chi connectivity index (χ3v) is 2.16. The minimum atomic E-state index is -4.32. The van der Waals surface area contributed by atoms with Crippen molar-refractivity contribution in [2.45, 2.75) is 44.8 Å². The smallest absolute Gasteiger partial charge is 0.391 e. The summed E-state index contributed by atoms with van der Waals surface area (Å²) < 4.78 is 36.3. The van der Waals surface area contributed by atoms with Crippen molar-refractivity contribution in [2.24, 2.45) is 0 Å². The number of carbonyl (C=O) groups excluding carboxylic acids is 1. The van der Waals surface area contributed by atoms with Gasteiger partial charge in [-0.25, -0.2) is 4.79 Å². The third-order valence-electron chi connectivity index (χ3n) is 2.16. The van der Waals surface area contributed by atoms with Gasteiger partial charge in [-0.2, -0.15) is 13.2 Å². The number of aliphatic carboxylic acids is 1. The first-order chi connectivity index (χ1) is 8.24. The molecule has 5 nitrogen and oxygen atoms in total. The first kappa shape index (κ1) is 16.5. The van der Waals surface area contributed by atoms with Gasteiger partial charge >= 0.3 is 18.2 Å². The second-order valence-corrected chi connectivity index (χ2v) is 3.82. The Morgan fingerprint density at radius 1 is 1.33 bits per heavy atom. The molecule has 3 N–H and O–H groups in total. The molecule has 0 fully saturated rings. The molecule has 0 saturated carbocycles. The predicted molar refractivity (Wildman–Crippen MR) is 58.2 cm³/mol. The Morgan fingerprint density at radius 2 is 1.94 bits per heavy atom. The van der Waals surface area contributed by atoms with Crippen LogP contribution in [0.2, 0.25) is 0 Å². The zero-order chi connectivity index (χ0) is 14.2. The van der Waals surface area contributed by atoms with Crippen LogP contribution < -0.4 is 10.6 Å². The maximum absolute atomic E-state index is 12.1. The first-order valence-corrected chi connectivity index (χ1v) is 5.57. The largest absolute Gasteiger partial charge is 0.481 e. The van der Waals surface area contributed by atoms with Crippen molar-refractivity contribution in [1.29, 1.82) is 0 Å². The molecule has 0 aliphatic rings. The molecule has 1 unspecified atom stereocenters. The highest BCUT2D eigenvalue weighted by Gasteiger charge is 2.31. The highest BCUT2D eigenvalue weighted by Crippen LogP contribution is 2.22. The molecular formula is C10H17F3N2O3. The molecule has 0 bridgehead atoms. The van der Waals surface area contributed by atoms with Gasteiger partial charge in [-0.15, -0.1) is 0 Å². The Hall–Kier alpha value is -1.47. The molecule has 8 heteroatoms. The number of carboxylic acids is 1. The van der Waals surface area contributed by atoms with E-state index in [1.807, 2.05) is 0 Å². The van der Waals surface area contributed by atoms with Gasteiger partial charge in [0.2, 0.25) is 0 Å². The maximum Gasteiger partial charge on any atom is 0.391 e. The van der Waals surface area contributed by atoms with Gasteiger partial charge in [-0.1, -0.05) is 6.92 Å². The van der Waals surface area contributed by atoms with E-state index in [-0.39, 0.29) is 25.8 Å². The standard InChI is InChI=1S/C10H17F3N2O3/c1-2-7(6-10(11,12)13)15-9(18)14-5-3-4-8(16)17/h7H,2-6H2,1H3,(H,16,17)(H2,14,15,18). The Labute approximate surface area is 103 Å². The van der Waals surface area contributed by atoms with E-state index in [1.165, 1.54) is 0 Å². The van der Waals surface area contributed by atoms with E-state index < -0.39 is 30.6 Å². The van der Waals surface area contributed by atoms with Gasteiger partial charge in [-0.05, 0) is 12.8 Å². The van der Waals surface area contributed by atoms with Crippen LogP contribution in [0, 0.1) is 0 Å². The number of rotatable bonds is 7. The van der Waals surface area contributed by atoms with Crippen molar-refractivity contribution in [3.05, 3.63) is 0 Å². The molecule has 0 aliphatic carbocycles. The lowest BCUT2D eigenvalue weighted by atomic mass is 10.1. The normalized spacial score (nSPS) is 12.9. The molecule has 18 heavy (non-hydrogen) atoms. The summed E-state index contributed by atoms with van der Waals surface area (Å²) in [7, 11) is 0. The van der Waals surface area contributed by atoms with Crippen molar-refractivity contribution in [3.63, 3.8) is 0 Å². The lowest BCUT2D eigenvalue weighted by Gasteiger charge is -2.18. The third kappa shape index (κ3) is 9.73. The van der Waals surface area contributed by atoms with Gasteiger partial charge in [0.05, 0.1) is 6.42 Å². The molecule has 0 radical (unpaired) electrons. The van der Waals surface area contributed by atoms with Crippen LogP contribution in [0.5, 0.6) is 0 Å². The Morgan fingerprint density at radius 3 is 2.39 bits per heavy atom. The van der Waals surface area contributed by atoms with Crippen molar-refractivity contribution < 1.29 is 27.9 Å². The van der Waals surface area contributed by atoms with Crippen LogP contribution in [-0.4, -0.2) is 35.9 Å². The zero-order valence-corrected chi connectivity index (χ0v) is 10.0. The van der Waals surface area contributed by atoms with E-state index in [4.69, 9.17) is 5.11 Å². The summed E-state index contributed by atoms with van der Waals surface area (Å²) in [5.41, 5.74) is 0. The van der Waals surface area contributed by atoms with Crippen LogP contribution in [0.4, 0.5) is 18.0 Å². The Bertz CT molecular complexity index is 282. The summed E-state index contributed by atoms with van der Waals surface area (Å²) in [6.07, 6.45) is -5.09. The number of hydrogen-bond donors (Lipinski definition) is 3. The van der Waals surface area contributed by atoms with Crippen LogP contribution >= 0.6 is 0 Å². The summed E-state index contributed by atoms with van der Waals surface area (Å²) >= 11 is 0. The van der Waals surface area contributed by atoms with Gasteiger partial charge in [-0.3, -0.25) is 4.79 Å². The highest BCUT2D eigenvalue weighted by molar-refractivity contribution is 5.74. The van der Waals surface area contributed by atoms with Crippen LogP contribution in [-0.2, 0) is 4.79 Å². The average molecular weight is 270 g/mol. The Kier molecular flexibility index (Phi) is 7.14. The van der Waals surface area contributed by atoms with Crippen LogP contribution in [0.15, 0.2) is 0 Å². The number of urea groups is 1. The molecule has 0 aliphatic heterocycles. The van der Waals surface area contributed by atoms with Crippen molar-refractivity contribution in [3.8, 4) is 0 Å². The predicted octanol–water partition coefficient (Wildman–Crippen LogP) is 1.88. The van der Waals surface area contributed by atoms with Crippen LogP contribution in [0.1, 0.15) is 32.6 Å². The summed E-state index contributed by atoms with van der Waals surface area (Å²) in [4.78, 5) is 21.4. The number of alkyl halides is 3. The fraction of sp³-hybridized carbons (Fsp3) is 0.800. The monoisotopic (exact) mass is 270 g/mol. The molecule has 0 saturated heterocycles.